The van der Waals surface area contributed by atoms with E-state index in [0.717, 1.165) is 6.08 Å². The number of carbonyl (C=O) groups is 5. The molecule has 0 aliphatic heterocycles. The number of Topliss-reactive ketones (excluding diaryl/α,β-unsaturated/α-hetero) is 2. The Labute approximate surface area is 162 Å². The molecule has 0 radical (unpaired) electrons. The Morgan fingerprint density at radius 1 is 1.04 bits per heavy atom. The predicted octanol–water partition coefficient (Wildman–Crippen LogP) is -4.36. The summed E-state index contributed by atoms with van der Waals surface area (Å²) < 4.78 is 0. The summed E-state index contributed by atoms with van der Waals surface area (Å²) in [4.78, 5) is 56.2. The van der Waals surface area contributed by atoms with Crippen LogP contribution in [-0.2, 0) is 24.0 Å². The minimum Gasteiger partial charge on any atom is -0.550 e. The summed E-state index contributed by atoms with van der Waals surface area (Å²) in [7, 11) is 0. The number of rotatable bonds is 11. The normalized spacial score (nSPS) is 10.1. The first-order valence-electron chi connectivity index (χ1n) is 7.04. The zero-order valence-corrected chi connectivity index (χ0v) is 16.3. The first-order chi connectivity index (χ1) is 10.6. The van der Waals surface area contributed by atoms with Crippen LogP contribution in [0.15, 0.2) is 12.7 Å². The van der Waals surface area contributed by atoms with Crippen molar-refractivity contribution in [3.05, 3.63) is 12.7 Å². The van der Waals surface area contributed by atoms with Gasteiger partial charge in [0.2, 0.25) is 11.8 Å². The molecule has 0 unspecified atom stereocenters. The number of nitrogens with one attached hydrogen (secondary N) is 2. The number of carbonyl (C=O) groups excluding carboxylic acids is 5. The van der Waals surface area contributed by atoms with E-state index in [1.807, 2.05) is 0 Å². The summed E-state index contributed by atoms with van der Waals surface area (Å²) in [5, 5.41) is 14.9. The molecule has 128 valence electrons. The maximum atomic E-state index is 12.0. The van der Waals surface area contributed by atoms with Gasteiger partial charge in [-0.25, -0.2) is 0 Å². The first-order valence-corrected chi connectivity index (χ1v) is 7.04. The Morgan fingerprint density at radius 2 is 1.62 bits per heavy atom. The maximum Gasteiger partial charge on any atom is 1.00 e. The van der Waals surface area contributed by atoms with Crippen LogP contribution in [0.25, 0.3) is 0 Å². The molecule has 24 heavy (non-hydrogen) atoms. The second kappa shape index (κ2) is 11.9. The van der Waals surface area contributed by atoms with Crippen molar-refractivity contribution >= 4 is 29.4 Å². The molecular formula is C15H21N2NaO6. The molecule has 0 spiro atoms. The molecule has 0 aromatic heterocycles. The van der Waals surface area contributed by atoms with Crippen molar-refractivity contribution in [2.24, 2.45) is 0 Å². The second-order valence-electron chi connectivity index (χ2n) is 5.43. The van der Waals surface area contributed by atoms with Crippen LogP contribution in [0.5, 0.6) is 0 Å². The third-order valence-corrected chi connectivity index (χ3v) is 2.99. The number of aliphatic carboxylic acids is 1. The summed E-state index contributed by atoms with van der Waals surface area (Å²) in [5.41, 5.74) is -1.13. The number of hydrogen-bond donors (Lipinski definition) is 2. The van der Waals surface area contributed by atoms with E-state index in [9.17, 15) is 29.1 Å². The molecule has 9 heteroatoms. The minimum atomic E-state index is -1.33. The average molecular weight is 348 g/mol. The fraction of sp³-hybridized carbons (Fsp3) is 0.533. The van der Waals surface area contributed by atoms with Gasteiger partial charge in [0.05, 0.1) is 12.1 Å². The molecule has 0 heterocycles. The second-order valence-corrected chi connectivity index (χ2v) is 5.43. The van der Waals surface area contributed by atoms with Gasteiger partial charge in [0.15, 0.2) is 11.6 Å². The van der Waals surface area contributed by atoms with Crippen molar-refractivity contribution in [3.8, 4) is 0 Å². The van der Waals surface area contributed by atoms with Gasteiger partial charge in [0.1, 0.15) is 0 Å². The van der Waals surface area contributed by atoms with E-state index in [2.05, 4.69) is 17.2 Å². The summed E-state index contributed by atoms with van der Waals surface area (Å²) in [6.07, 6.45) is 0.177. The molecule has 0 atom stereocenters. The fourth-order valence-corrected chi connectivity index (χ4v) is 1.58. The van der Waals surface area contributed by atoms with Crippen LogP contribution < -0.4 is 45.3 Å². The quantitative estimate of drug-likeness (QED) is 0.286. The van der Waals surface area contributed by atoms with E-state index >= 15 is 0 Å². The Bertz CT molecular complexity index is 516. The smallest absolute Gasteiger partial charge is 0.550 e. The largest absolute Gasteiger partial charge is 1.00 e. The number of carboxylic acid groups (broad SMARTS) is 1. The SMILES string of the molecule is C=CC(=O)NC(C)(C)C(=O)CCC(=O)NCC(=O)CCC(=O)[O-].[Na+]. The van der Waals surface area contributed by atoms with Crippen LogP contribution >= 0.6 is 0 Å². The Morgan fingerprint density at radius 3 is 2.12 bits per heavy atom. The van der Waals surface area contributed by atoms with Crippen molar-refractivity contribution in [2.45, 2.75) is 45.1 Å². The Hall–Kier alpha value is -1.51. The molecule has 2 amide bonds. The molecular weight excluding hydrogens is 327 g/mol. The van der Waals surface area contributed by atoms with Crippen LogP contribution in [0.4, 0.5) is 0 Å². The molecule has 0 fully saturated rings. The third kappa shape index (κ3) is 11.1. The van der Waals surface area contributed by atoms with Crippen molar-refractivity contribution in [1.29, 1.82) is 0 Å². The van der Waals surface area contributed by atoms with Gasteiger partial charge in [-0.3, -0.25) is 19.2 Å². The molecule has 0 bridgehead atoms. The van der Waals surface area contributed by atoms with Crippen LogP contribution in [0.3, 0.4) is 0 Å². The summed E-state index contributed by atoms with van der Waals surface area (Å²) >= 11 is 0. The topological polar surface area (TPSA) is 132 Å². The molecule has 0 saturated carbocycles. The Balaban J connectivity index is 0. The monoisotopic (exact) mass is 348 g/mol. The molecule has 0 aromatic carbocycles. The van der Waals surface area contributed by atoms with Gasteiger partial charge in [-0.05, 0) is 26.3 Å². The van der Waals surface area contributed by atoms with Gasteiger partial charge in [0, 0.05) is 25.2 Å². The molecule has 0 rings (SSSR count). The fourth-order valence-electron chi connectivity index (χ4n) is 1.58. The van der Waals surface area contributed by atoms with Crippen LogP contribution in [0.2, 0.25) is 0 Å². The van der Waals surface area contributed by atoms with E-state index in [4.69, 9.17) is 0 Å². The molecule has 0 saturated heterocycles. The summed E-state index contributed by atoms with van der Waals surface area (Å²) in [6.45, 7) is 6.01. The average Bonchev–Trinajstić information content (AvgIpc) is 2.47. The molecule has 0 aromatic rings. The van der Waals surface area contributed by atoms with Crippen molar-refractivity contribution < 1.29 is 58.6 Å². The van der Waals surface area contributed by atoms with Gasteiger partial charge >= 0.3 is 29.6 Å². The standard InChI is InChI=1S/C15H22N2O6.Na/c1-4-12(20)17-15(2,3)11(19)6-7-13(21)16-9-10(18)5-8-14(22)23;/h4H,1,5-9H2,2-3H3,(H,16,21)(H,17,20)(H,22,23);/q;+1/p-1. The van der Waals surface area contributed by atoms with Crippen LogP contribution in [-0.4, -0.2) is 41.4 Å². The van der Waals surface area contributed by atoms with Gasteiger partial charge in [-0.15, -0.1) is 0 Å². The van der Waals surface area contributed by atoms with Gasteiger partial charge in [-0.2, -0.15) is 0 Å². The zero-order valence-electron chi connectivity index (χ0n) is 14.3. The Kier molecular flexibility index (Phi) is 12.3. The maximum absolute atomic E-state index is 12.0. The predicted molar refractivity (Wildman–Crippen MR) is 78.9 cm³/mol. The molecule has 8 nitrogen and oxygen atoms in total. The summed E-state index contributed by atoms with van der Waals surface area (Å²) in [6, 6.07) is 0. The summed E-state index contributed by atoms with van der Waals surface area (Å²) in [5.74, 6) is -3.12. The number of ketones is 2. The first kappa shape index (κ1) is 24.7. The number of amides is 2. The van der Waals surface area contributed by atoms with Crippen LogP contribution in [0.1, 0.15) is 39.5 Å². The van der Waals surface area contributed by atoms with E-state index in [-0.39, 0.29) is 61.1 Å². The molecule has 2 N–H and O–H groups in total. The van der Waals surface area contributed by atoms with Gasteiger partial charge in [-0.1, -0.05) is 6.58 Å². The minimum absolute atomic E-state index is 0. The number of carboxylic acids is 1. The van der Waals surface area contributed by atoms with E-state index in [0.29, 0.717) is 0 Å². The molecule has 0 aliphatic carbocycles. The zero-order chi connectivity index (χ0) is 18.0. The van der Waals surface area contributed by atoms with E-state index in [1.165, 1.54) is 13.8 Å². The molecule has 0 aliphatic rings. The third-order valence-electron chi connectivity index (χ3n) is 2.99. The van der Waals surface area contributed by atoms with Crippen LogP contribution in [0, 0.1) is 0 Å². The van der Waals surface area contributed by atoms with E-state index < -0.39 is 35.5 Å². The van der Waals surface area contributed by atoms with Crippen molar-refractivity contribution in [1.82, 2.24) is 10.6 Å². The van der Waals surface area contributed by atoms with Crippen molar-refractivity contribution in [2.75, 3.05) is 6.54 Å². The van der Waals surface area contributed by atoms with E-state index in [1.54, 1.807) is 0 Å². The van der Waals surface area contributed by atoms with Gasteiger partial charge < -0.3 is 20.5 Å². The van der Waals surface area contributed by atoms with Gasteiger partial charge in [0.25, 0.3) is 0 Å². The number of hydrogen-bond acceptors (Lipinski definition) is 6. The van der Waals surface area contributed by atoms with Crippen molar-refractivity contribution in [3.63, 3.8) is 0 Å².